The molecule has 0 saturated carbocycles. The topological polar surface area (TPSA) is 24.1 Å². The van der Waals surface area contributed by atoms with Gasteiger partial charge in [-0.3, -0.25) is 0 Å². The predicted molar refractivity (Wildman–Crippen MR) is 190 cm³/mol. The zero-order chi connectivity index (χ0) is 30.8. The van der Waals surface area contributed by atoms with Crippen LogP contribution < -0.4 is 10.6 Å². The van der Waals surface area contributed by atoms with Gasteiger partial charge in [0.1, 0.15) is 0 Å². The van der Waals surface area contributed by atoms with Gasteiger partial charge >= 0.3 is 233 Å². The molecule has 0 atom stereocenters. The number of benzene rings is 4. The van der Waals surface area contributed by atoms with Gasteiger partial charge in [0.15, 0.2) is 0 Å². The van der Waals surface area contributed by atoms with Crippen molar-refractivity contribution in [1.29, 1.82) is 0 Å². The van der Waals surface area contributed by atoms with E-state index in [1.807, 2.05) is 28.2 Å². The van der Waals surface area contributed by atoms with E-state index in [1.54, 1.807) is 9.77 Å². The molecule has 2 nitrogen and oxygen atoms in total. The summed E-state index contributed by atoms with van der Waals surface area (Å²) < 4.78 is 4.93. The Labute approximate surface area is 270 Å². The molecule has 0 radical (unpaired) electrons. The molecule has 220 valence electrons. The zero-order valence-electron chi connectivity index (χ0n) is 26.8. The Kier molecular flexibility index (Phi) is 9.19. The minimum atomic E-state index is -2.32. The molecule has 0 aromatic heterocycles. The van der Waals surface area contributed by atoms with Crippen molar-refractivity contribution in [2.45, 2.75) is 26.7 Å². The van der Waals surface area contributed by atoms with Gasteiger partial charge in [-0.1, -0.05) is 0 Å². The number of hydrogen-bond acceptors (Lipinski definition) is 2. The quantitative estimate of drug-likeness (QED) is 0.226. The van der Waals surface area contributed by atoms with Crippen LogP contribution in [0.4, 0.5) is 0 Å². The molecule has 0 aliphatic heterocycles. The van der Waals surface area contributed by atoms with Crippen molar-refractivity contribution in [3.8, 4) is 0 Å². The van der Waals surface area contributed by atoms with Crippen molar-refractivity contribution in [2.75, 3.05) is 28.2 Å². The molecule has 0 fully saturated rings. The van der Waals surface area contributed by atoms with Crippen LogP contribution in [0.3, 0.4) is 0 Å². The maximum atomic E-state index is 2.75. The van der Waals surface area contributed by atoms with Gasteiger partial charge in [0.25, 0.3) is 0 Å². The Balaban J connectivity index is 0.000000532. The summed E-state index contributed by atoms with van der Waals surface area (Å²) in [6, 6.07) is 27.0. The van der Waals surface area contributed by atoms with Crippen LogP contribution in [0.2, 0.25) is 0 Å². The number of nitrogens with one attached hydrogen (secondary N) is 2. The average Bonchev–Trinajstić information content (AvgIpc) is 3.66. The molecular formula is C41H42N2Zr. The van der Waals surface area contributed by atoms with Crippen molar-refractivity contribution >= 4 is 35.9 Å². The van der Waals surface area contributed by atoms with Crippen LogP contribution in [0.15, 0.2) is 127 Å². The summed E-state index contributed by atoms with van der Waals surface area (Å²) >= 11 is -2.32. The third-order valence-corrected chi connectivity index (χ3v) is 15.9. The normalized spacial score (nSPS) is 15.4. The van der Waals surface area contributed by atoms with E-state index in [0.717, 1.165) is 12.8 Å². The zero-order valence-corrected chi connectivity index (χ0v) is 29.3. The molecule has 4 aliphatic carbocycles. The van der Waals surface area contributed by atoms with Gasteiger partial charge in [-0.15, -0.1) is 0 Å². The third kappa shape index (κ3) is 5.36. The Morgan fingerprint density at radius 2 is 0.932 bits per heavy atom. The molecular weight excluding hydrogens is 612 g/mol. The first-order valence-electron chi connectivity index (χ1n) is 15.6. The van der Waals surface area contributed by atoms with Crippen molar-refractivity contribution in [2.24, 2.45) is 0 Å². The van der Waals surface area contributed by atoms with Gasteiger partial charge < -0.3 is 10.6 Å². The minimum absolute atomic E-state index is 1.02. The number of hydrogen-bond donors (Lipinski definition) is 2. The van der Waals surface area contributed by atoms with E-state index < -0.39 is 21.3 Å². The van der Waals surface area contributed by atoms with Crippen LogP contribution in [-0.2, 0) is 34.1 Å². The van der Waals surface area contributed by atoms with E-state index in [2.05, 4.69) is 134 Å². The standard InChI is InChI=1S/2C17H11.C3H6.2C2H7N.Zr/c2*1-2-6-15-12(4-1)8-10-14-11-9-13-5-3-7-16(13)17(14)15;3*1-3-2;/h2*1-4,6-10H,11H2;1-2H3;2*3H,1-2H3;. The summed E-state index contributed by atoms with van der Waals surface area (Å²) in [5, 5.41) is 11.0. The van der Waals surface area contributed by atoms with Crippen LogP contribution >= 0.6 is 0 Å². The fourth-order valence-corrected chi connectivity index (χ4v) is 14.1. The second-order valence-electron chi connectivity index (χ2n) is 12.0. The monoisotopic (exact) mass is 652 g/mol. The molecule has 0 saturated heterocycles. The number of allylic oxidation sites excluding steroid dienone is 12. The molecule has 2 N–H and O–H groups in total. The summed E-state index contributed by atoms with van der Waals surface area (Å²) in [6.07, 6.45) is 16.9. The Morgan fingerprint density at radius 1 is 0.523 bits per heavy atom. The van der Waals surface area contributed by atoms with Crippen LogP contribution in [0.5, 0.6) is 0 Å². The van der Waals surface area contributed by atoms with Crippen LogP contribution in [0.1, 0.15) is 36.1 Å². The summed E-state index contributed by atoms with van der Waals surface area (Å²) in [5.41, 5.74) is 11.7. The SMILES string of the molecule is CNC.CNC.C[C](C)=[Zr]([C]1=CC=C2C1=CCc1ccc3ccccc3c12)[C]1=CC=C2C1=CCc1ccc3ccccc3c12. The van der Waals surface area contributed by atoms with Crippen LogP contribution in [0, 0.1) is 0 Å². The molecule has 4 aliphatic rings. The number of fused-ring (bicyclic) bond motifs is 10. The summed E-state index contributed by atoms with van der Waals surface area (Å²) in [4.78, 5) is 0. The second kappa shape index (κ2) is 13.2. The Morgan fingerprint density at radius 3 is 1.34 bits per heavy atom. The third-order valence-electron chi connectivity index (χ3n) is 8.65. The van der Waals surface area contributed by atoms with E-state index in [9.17, 15) is 0 Å². The van der Waals surface area contributed by atoms with Gasteiger partial charge in [0, 0.05) is 0 Å². The molecule has 0 unspecified atom stereocenters. The fraction of sp³-hybridized carbons (Fsp3) is 0.195. The van der Waals surface area contributed by atoms with E-state index in [4.69, 9.17) is 0 Å². The maximum absolute atomic E-state index is 2.75. The molecule has 4 aromatic rings. The summed E-state index contributed by atoms with van der Waals surface area (Å²) in [7, 11) is 7.50. The molecule has 4 aromatic carbocycles. The molecule has 0 bridgehead atoms. The van der Waals surface area contributed by atoms with Gasteiger partial charge in [-0.05, 0) is 28.2 Å². The first kappa shape index (κ1) is 30.5. The first-order valence-corrected chi connectivity index (χ1v) is 19.3. The first-order chi connectivity index (χ1) is 21.5. The van der Waals surface area contributed by atoms with Gasteiger partial charge in [0.05, 0.1) is 0 Å². The Hall–Kier alpha value is -3.49. The van der Waals surface area contributed by atoms with Gasteiger partial charge in [-0.25, -0.2) is 0 Å². The molecule has 0 heterocycles. The van der Waals surface area contributed by atoms with Gasteiger partial charge in [0.2, 0.25) is 0 Å². The molecule has 0 spiro atoms. The molecule has 44 heavy (non-hydrogen) atoms. The van der Waals surface area contributed by atoms with Crippen molar-refractivity contribution in [3.05, 3.63) is 149 Å². The summed E-state index contributed by atoms with van der Waals surface area (Å²) in [6.45, 7) is 4.79. The van der Waals surface area contributed by atoms with Crippen molar-refractivity contribution < 1.29 is 21.3 Å². The molecule has 3 heteroatoms. The van der Waals surface area contributed by atoms with Crippen molar-refractivity contribution in [1.82, 2.24) is 10.6 Å². The van der Waals surface area contributed by atoms with Crippen molar-refractivity contribution in [3.63, 3.8) is 0 Å². The fourth-order valence-electron chi connectivity index (χ4n) is 7.01. The van der Waals surface area contributed by atoms with E-state index in [-0.39, 0.29) is 0 Å². The van der Waals surface area contributed by atoms with E-state index >= 15 is 0 Å². The average molecular weight is 654 g/mol. The van der Waals surface area contributed by atoms with Gasteiger partial charge in [-0.2, -0.15) is 0 Å². The Bertz CT molecular complexity index is 1870. The van der Waals surface area contributed by atoms with E-state index in [1.165, 1.54) is 66.1 Å². The summed E-state index contributed by atoms with van der Waals surface area (Å²) in [5.74, 6) is 0. The van der Waals surface area contributed by atoms with E-state index in [0.29, 0.717) is 0 Å². The second-order valence-corrected chi connectivity index (χ2v) is 18.9. The predicted octanol–water partition coefficient (Wildman–Crippen LogP) is 8.72. The van der Waals surface area contributed by atoms with Crippen LogP contribution in [0.25, 0.3) is 32.7 Å². The molecule has 8 rings (SSSR count). The van der Waals surface area contributed by atoms with Crippen LogP contribution in [-0.4, -0.2) is 31.4 Å². The number of rotatable bonds is 2. The molecule has 0 amide bonds.